The predicted octanol–water partition coefficient (Wildman–Crippen LogP) is 0.868. The molecule has 0 saturated heterocycles. The Labute approximate surface area is 71.4 Å². The molecule has 3 aliphatic carbocycles. The molecule has 0 aromatic rings. The first kappa shape index (κ1) is 8.05. The van der Waals surface area contributed by atoms with Crippen LogP contribution in [0.5, 0.6) is 0 Å². The molecular weight excluding hydrogens is 156 g/mol. The summed E-state index contributed by atoms with van der Waals surface area (Å²) < 4.78 is 0. The molecule has 0 aromatic heterocycles. The molecule has 3 aliphatic rings. The van der Waals surface area contributed by atoms with Crippen LogP contribution in [0.4, 0.5) is 0 Å². The maximum Gasteiger partial charge on any atom is 0.335 e. The minimum absolute atomic E-state index is 0.0347. The van der Waals surface area contributed by atoms with E-state index in [0.29, 0.717) is 12.3 Å². The summed E-state index contributed by atoms with van der Waals surface area (Å²) in [4.78, 5) is 10.8. The van der Waals surface area contributed by atoms with Crippen molar-refractivity contribution in [2.24, 2.45) is 17.3 Å². The summed E-state index contributed by atoms with van der Waals surface area (Å²) in [5.74, 6) is -0.670. The number of aliphatic carboxylic acids is 1. The largest absolute Gasteiger partial charge is 0.479 e. The fourth-order valence-electron chi connectivity index (χ4n) is 2.93. The van der Waals surface area contributed by atoms with Crippen molar-refractivity contribution in [3.63, 3.8) is 0 Å². The lowest BCUT2D eigenvalue weighted by Gasteiger charge is -2.45. The Morgan fingerprint density at radius 2 is 2.08 bits per heavy atom. The van der Waals surface area contributed by atoms with Crippen LogP contribution in [-0.4, -0.2) is 21.8 Å². The van der Waals surface area contributed by atoms with Gasteiger partial charge in [-0.05, 0) is 24.2 Å². The lowest BCUT2D eigenvalue weighted by atomic mass is 9.59. The highest BCUT2D eigenvalue weighted by atomic mass is 16.4. The number of carbonyl (C=O) groups is 1. The Hall–Kier alpha value is -0.570. The van der Waals surface area contributed by atoms with E-state index in [9.17, 15) is 9.90 Å². The molecule has 0 heterocycles. The van der Waals surface area contributed by atoms with E-state index in [1.54, 1.807) is 0 Å². The maximum absolute atomic E-state index is 10.8. The number of fused-ring (bicyclic) bond motifs is 1. The van der Waals surface area contributed by atoms with Crippen molar-refractivity contribution < 1.29 is 15.0 Å². The van der Waals surface area contributed by atoms with Crippen LogP contribution in [0, 0.1) is 17.3 Å². The second kappa shape index (κ2) is 1.84. The van der Waals surface area contributed by atoms with E-state index in [1.165, 1.54) is 0 Å². The fourth-order valence-corrected chi connectivity index (χ4v) is 2.93. The van der Waals surface area contributed by atoms with Crippen LogP contribution in [-0.2, 0) is 4.79 Å². The maximum atomic E-state index is 10.8. The lowest BCUT2D eigenvalue weighted by Crippen LogP contribution is -2.48. The molecule has 0 spiro atoms. The highest BCUT2D eigenvalue weighted by Gasteiger charge is 2.68. The van der Waals surface area contributed by atoms with Crippen LogP contribution >= 0.6 is 0 Å². The topological polar surface area (TPSA) is 57.5 Å². The van der Waals surface area contributed by atoms with Gasteiger partial charge in [0.15, 0.2) is 5.60 Å². The zero-order chi connectivity index (χ0) is 9.15. The molecule has 3 fully saturated rings. The molecule has 3 atom stereocenters. The Morgan fingerprint density at radius 1 is 1.50 bits per heavy atom. The first-order valence-corrected chi connectivity index (χ1v) is 4.35. The molecule has 2 bridgehead atoms. The number of hydrogen-bond acceptors (Lipinski definition) is 2. The highest BCUT2D eigenvalue weighted by molar-refractivity contribution is 5.79. The van der Waals surface area contributed by atoms with Gasteiger partial charge in [0, 0.05) is 5.92 Å². The molecule has 68 valence electrons. The van der Waals surface area contributed by atoms with Crippen LogP contribution in [0.25, 0.3) is 0 Å². The van der Waals surface area contributed by atoms with Crippen LogP contribution in [0.2, 0.25) is 0 Å². The summed E-state index contributed by atoms with van der Waals surface area (Å²) in [6.07, 6.45) is 1.33. The summed E-state index contributed by atoms with van der Waals surface area (Å²) in [5, 5.41) is 18.7. The molecular formula is C9H14O3. The Balaban J connectivity index is 2.31. The van der Waals surface area contributed by atoms with Gasteiger partial charge in [0.05, 0.1) is 0 Å². The summed E-state index contributed by atoms with van der Waals surface area (Å²) in [6, 6.07) is 0. The second-order valence-corrected chi connectivity index (χ2v) is 4.74. The van der Waals surface area contributed by atoms with E-state index < -0.39 is 11.6 Å². The molecule has 0 aliphatic heterocycles. The number of aliphatic hydroxyl groups is 1. The molecule has 0 radical (unpaired) electrons. The molecule has 3 nitrogen and oxygen atoms in total. The summed E-state index contributed by atoms with van der Waals surface area (Å²) in [5.41, 5.74) is -1.39. The summed E-state index contributed by atoms with van der Waals surface area (Å²) in [7, 11) is 0. The fraction of sp³-hybridized carbons (Fsp3) is 0.889. The normalized spacial score (nSPS) is 48.6. The van der Waals surface area contributed by atoms with Gasteiger partial charge in [-0.15, -0.1) is 0 Å². The molecule has 3 rings (SSSR count). The van der Waals surface area contributed by atoms with Gasteiger partial charge in [-0.1, -0.05) is 13.8 Å². The zero-order valence-corrected chi connectivity index (χ0v) is 7.37. The summed E-state index contributed by atoms with van der Waals surface area (Å²) in [6.45, 7) is 4.10. The van der Waals surface area contributed by atoms with E-state index in [1.807, 2.05) is 13.8 Å². The molecule has 12 heavy (non-hydrogen) atoms. The minimum Gasteiger partial charge on any atom is -0.479 e. The van der Waals surface area contributed by atoms with Gasteiger partial charge < -0.3 is 10.2 Å². The third kappa shape index (κ3) is 0.637. The second-order valence-electron chi connectivity index (χ2n) is 4.74. The van der Waals surface area contributed by atoms with Crippen molar-refractivity contribution in [2.75, 3.05) is 0 Å². The SMILES string of the molecule is CC1(C)[C@@H]2C[C@@H]1[C@](O)(C(=O)O)C2. The number of carboxylic acids is 1. The third-order valence-corrected chi connectivity index (χ3v) is 3.97. The van der Waals surface area contributed by atoms with Crippen molar-refractivity contribution in [2.45, 2.75) is 32.3 Å². The number of rotatable bonds is 1. The first-order valence-electron chi connectivity index (χ1n) is 4.35. The Bertz CT molecular complexity index is 246. The molecule has 0 amide bonds. The zero-order valence-electron chi connectivity index (χ0n) is 7.37. The van der Waals surface area contributed by atoms with Crippen molar-refractivity contribution >= 4 is 5.97 Å². The van der Waals surface area contributed by atoms with E-state index in [4.69, 9.17) is 5.11 Å². The van der Waals surface area contributed by atoms with Crippen molar-refractivity contribution in [3.05, 3.63) is 0 Å². The van der Waals surface area contributed by atoms with Gasteiger partial charge in [-0.2, -0.15) is 0 Å². The minimum atomic E-state index is -1.42. The van der Waals surface area contributed by atoms with Crippen LogP contribution in [0.3, 0.4) is 0 Å². The van der Waals surface area contributed by atoms with E-state index >= 15 is 0 Å². The average Bonchev–Trinajstić information content (AvgIpc) is 2.39. The quantitative estimate of drug-likeness (QED) is 0.614. The summed E-state index contributed by atoms with van der Waals surface area (Å²) >= 11 is 0. The lowest BCUT2D eigenvalue weighted by molar-refractivity contribution is -0.165. The molecule has 0 aromatic carbocycles. The number of hydrogen-bond donors (Lipinski definition) is 2. The van der Waals surface area contributed by atoms with Crippen molar-refractivity contribution in [1.82, 2.24) is 0 Å². The molecule has 3 saturated carbocycles. The highest BCUT2D eigenvalue weighted by Crippen LogP contribution is 2.66. The predicted molar refractivity (Wildman–Crippen MR) is 42.6 cm³/mol. The third-order valence-electron chi connectivity index (χ3n) is 3.97. The standard InChI is InChI=1S/C9H14O3/c1-8(2)5-3-6(8)9(12,4-5)7(10)11/h5-6,12H,3-4H2,1-2H3,(H,10,11)/t5-,6+,9+/m1/s1. The van der Waals surface area contributed by atoms with Gasteiger partial charge in [0.2, 0.25) is 0 Å². The monoisotopic (exact) mass is 170 g/mol. The van der Waals surface area contributed by atoms with Crippen LogP contribution < -0.4 is 0 Å². The van der Waals surface area contributed by atoms with Crippen molar-refractivity contribution in [3.8, 4) is 0 Å². The Morgan fingerprint density at radius 3 is 2.25 bits per heavy atom. The van der Waals surface area contributed by atoms with Crippen LogP contribution in [0.1, 0.15) is 26.7 Å². The van der Waals surface area contributed by atoms with E-state index in [-0.39, 0.29) is 11.3 Å². The van der Waals surface area contributed by atoms with Gasteiger partial charge >= 0.3 is 5.97 Å². The van der Waals surface area contributed by atoms with Gasteiger partial charge in [0.1, 0.15) is 0 Å². The van der Waals surface area contributed by atoms with E-state index in [0.717, 1.165) is 6.42 Å². The molecule has 3 heteroatoms. The van der Waals surface area contributed by atoms with E-state index in [2.05, 4.69) is 0 Å². The van der Waals surface area contributed by atoms with Crippen molar-refractivity contribution in [1.29, 1.82) is 0 Å². The van der Waals surface area contributed by atoms with Gasteiger partial charge in [-0.25, -0.2) is 4.79 Å². The van der Waals surface area contributed by atoms with Gasteiger partial charge in [-0.3, -0.25) is 0 Å². The van der Waals surface area contributed by atoms with Gasteiger partial charge in [0.25, 0.3) is 0 Å². The Kier molecular flexibility index (Phi) is 1.24. The number of carboxylic acid groups (broad SMARTS) is 1. The van der Waals surface area contributed by atoms with Crippen LogP contribution in [0.15, 0.2) is 0 Å². The smallest absolute Gasteiger partial charge is 0.335 e. The average molecular weight is 170 g/mol. The molecule has 0 unspecified atom stereocenters. The first-order chi connectivity index (χ1) is 5.39. The molecule has 2 N–H and O–H groups in total.